The molecule has 3 heteroatoms. The Balaban J connectivity index is 2.20. The van der Waals surface area contributed by atoms with Gasteiger partial charge in [0.05, 0.1) is 6.20 Å². The molecule has 0 fully saturated rings. The Morgan fingerprint density at radius 3 is 3.07 bits per heavy atom. The van der Waals surface area contributed by atoms with E-state index in [4.69, 9.17) is 4.74 Å². The molecule has 3 heterocycles. The molecule has 3 rings (SSSR count). The number of hydrogen-bond donors (Lipinski definition) is 0. The van der Waals surface area contributed by atoms with Gasteiger partial charge in [0.25, 0.3) is 0 Å². The summed E-state index contributed by atoms with van der Waals surface area (Å²) in [5.74, 6) is 1.84. The molecular formula is C12H10N2O. The summed E-state index contributed by atoms with van der Waals surface area (Å²) in [5.41, 5.74) is 2.31. The van der Waals surface area contributed by atoms with Crippen molar-refractivity contribution >= 4 is 0 Å². The van der Waals surface area contributed by atoms with Crippen molar-refractivity contribution < 1.29 is 4.74 Å². The van der Waals surface area contributed by atoms with Crippen molar-refractivity contribution in [1.82, 2.24) is 9.97 Å². The topological polar surface area (TPSA) is 35.0 Å². The summed E-state index contributed by atoms with van der Waals surface area (Å²) in [6.45, 7) is 2.15. The molecule has 0 saturated heterocycles. The average molecular weight is 198 g/mol. The van der Waals surface area contributed by atoms with E-state index in [9.17, 15) is 0 Å². The molecule has 2 aromatic rings. The van der Waals surface area contributed by atoms with Crippen LogP contribution in [0.25, 0.3) is 0 Å². The third-order valence-corrected chi connectivity index (χ3v) is 2.76. The van der Waals surface area contributed by atoms with Crippen LogP contribution < -0.4 is 4.74 Å². The predicted octanol–water partition coefficient (Wildman–Crippen LogP) is 2.73. The third-order valence-electron chi connectivity index (χ3n) is 2.76. The molecule has 0 radical (unpaired) electrons. The molecule has 0 spiro atoms. The maximum Gasteiger partial charge on any atom is 0.223 e. The molecule has 0 aromatic carbocycles. The zero-order valence-corrected chi connectivity index (χ0v) is 8.34. The third kappa shape index (κ3) is 1.20. The molecule has 0 bridgehead atoms. The van der Waals surface area contributed by atoms with Gasteiger partial charge in [-0.2, -0.15) is 0 Å². The molecule has 1 aliphatic heterocycles. The van der Waals surface area contributed by atoms with Gasteiger partial charge in [-0.1, -0.05) is 13.0 Å². The van der Waals surface area contributed by atoms with E-state index in [0.29, 0.717) is 11.8 Å². The molecule has 1 aliphatic rings. The monoisotopic (exact) mass is 198 g/mol. The van der Waals surface area contributed by atoms with Crippen molar-refractivity contribution in [2.24, 2.45) is 0 Å². The minimum absolute atomic E-state index is 0.320. The molecule has 1 unspecified atom stereocenters. The number of pyridine rings is 2. The van der Waals surface area contributed by atoms with Crippen LogP contribution in [0.4, 0.5) is 0 Å². The lowest BCUT2D eigenvalue weighted by Gasteiger charge is -2.23. The molecule has 74 valence electrons. The summed E-state index contributed by atoms with van der Waals surface area (Å²) in [6, 6.07) is 5.98. The average Bonchev–Trinajstić information content (AvgIpc) is 2.30. The minimum Gasteiger partial charge on any atom is -0.437 e. The second-order valence-electron chi connectivity index (χ2n) is 3.64. The molecule has 0 N–H and O–H groups in total. The van der Waals surface area contributed by atoms with Gasteiger partial charge in [-0.3, -0.25) is 4.98 Å². The van der Waals surface area contributed by atoms with Crippen LogP contribution in [0.15, 0.2) is 36.8 Å². The fourth-order valence-corrected chi connectivity index (χ4v) is 1.92. The molecule has 1 atom stereocenters. The number of hydrogen-bond acceptors (Lipinski definition) is 3. The lowest BCUT2D eigenvalue weighted by molar-refractivity contribution is 0.428. The SMILES string of the molecule is CC1c2ccncc2Oc2ncccc21. The second kappa shape index (κ2) is 3.05. The van der Waals surface area contributed by atoms with Gasteiger partial charge in [0.1, 0.15) is 0 Å². The Kier molecular flexibility index (Phi) is 1.71. The van der Waals surface area contributed by atoms with Crippen molar-refractivity contribution in [2.75, 3.05) is 0 Å². The summed E-state index contributed by atoms with van der Waals surface area (Å²) in [4.78, 5) is 8.27. The summed E-state index contributed by atoms with van der Waals surface area (Å²) in [7, 11) is 0. The van der Waals surface area contributed by atoms with Gasteiger partial charge in [-0.25, -0.2) is 4.98 Å². The van der Waals surface area contributed by atoms with Crippen LogP contribution in [0.5, 0.6) is 11.6 Å². The molecule has 0 aliphatic carbocycles. The van der Waals surface area contributed by atoms with Crippen LogP contribution in [0.2, 0.25) is 0 Å². The van der Waals surface area contributed by atoms with Crippen molar-refractivity contribution in [3.05, 3.63) is 47.9 Å². The van der Waals surface area contributed by atoms with E-state index in [-0.39, 0.29) is 0 Å². The zero-order valence-electron chi connectivity index (χ0n) is 8.34. The highest BCUT2D eigenvalue weighted by Gasteiger charge is 2.24. The van der Waals surface area contributed by atoms with E-state index in [1.807, 2.05) is 12.1 Å². The van der Waals surface area contributed by atoms with Crippen molar-refractivity contribution in [3.8, 4) is 11.6 Å². The first-order chi connectivity index (χ1) is 7.36. The van der Waals surface area contributed by atoms with Crippen LogP contribution in [0.1, 0.15) is 24.0 Å². The Morgan fingerprint density at radius 2 is 2.13 bits per heavy atom. The van der Waals surface area contributed by atoms with Crippen LogP contribution in [-0.2, 0) is 0 Å². The largest absolute Gasteiger partial charge is 0.437 e. The number of nitrogens with zero attached hydrogens (tertiary/aromatic N) is 2. The Labute approximate surface area is 87.8 Å². The van der Waals surface area contributed by atoms with Crippen LogP contribution in [0.3, 0.4) is 0 Å². The van der Waals surface area contributed by atoms with E-state index in [1.54, 1.807) is 18.6 Å². The highest BCUT2D eigenvalue weighted by atomic mass is 16.5. The van der Waals surface area contributed by atoms with Crippen LogP contribution in [0, 0.1) is 0 Å². The summed E-state index contributed by atoms with van der Waals surface area (Å²) in [6.07, 6.45) is 5.27. The highest BCUT2D eigenvalue weighted by Crippen LogP contribution is 2.41. The fourth-order valence-electron chi connectivity index (χ4n) is 1.92. The number of fused-ring (bicyclic) bond motifs is 2. The van der Waals surface area contributed by atoms with Gasteiger partial charge in [-0.05, 0) is 12.1 Å². The van der Waals surface area contributed by atoms with E-state index in [1.165, 1.54) is 5.56 Å². The first-order valence-corrected chi connectivity index (χ1v) is 4.93. The van der Waals surface area contributed by atoms with E-state index >= 15 is 0 Å². The molecule has 15 heavy (non-hydrogen) atoms. The fraction of sp³-hybridized carbons (Fsp3) is 0.167. The normalized spacial score (nSPS) is 17.5. The molecular weight excluding hydrogens is 188 g/mol. The highest BCUT2D eigenvalue weighted by molar-refractivity contribution is 5.48. The van der Waals surface area contributed by atoms with Gasteiger partial charge in [0, 0.05) is 29.4 Å². The van der Waals surface area contributed by atoms with E-state index < -0.39 is 0 Å². The molecule has 3 nitrogen and oxygen atoms in total. The number of rotatable bonds is 0. The molecule has 2 aromatic heterocycles. The predicted molar refractivity (Wildman–Crippen MR) is 56.1 cm³/mol. The minimum atomic E-state index is 0.320. The molecule has 0 amide bonds. The number of ether oxygens (including phenoxy) is 1. The standard InChI is InChI=1S/C12H10N2O/c1-8-9-4-6-13-7-11(9)15-12-10(8)3-2-5-14-12/h2-8H,1H3. The summed E-state index contributed by atoms with van der Waals surface area (Å²) in [5, 5.41) is 0. The maximum absolute atomic E-state index is 5.67. The first-order valence-electron chi connectivity index (χ1n) is 4.93. The lowest BCUT2D eigenvalue weighted by Crippen LogP contribution is -2.08. The zero-order chi connectivity index (χ0) is 10.3. The summed E-state index contributed by atoms with van der Waals surface area (Å²) < 4.78 is 5.67. The van der Waals surface area contributed by atoms with Gasteiger partial charge in [0.2, 0.25) is 5.88 Å². The van der Waals surface area contributed by atoms with Crippen LogP contribution >= 0.6 is 0 Å². The number of aromatic nitrogens is 2. The lowest BCUT2D eigenvalue weighted by atomic mass is 9.92. The summed E-state index contributed by atoms with van der Waals surface area (Å²) >= 11 is 0. The smallest absolute Gasteiger partial charge is 0.223 e. The van der Waals surface area contributed by atoms with Gasteiger partial charge < -0.3 is 4.74 Å². The van der Waals surface area contributed by atoms with Crippen molar-refractivity contribution in [2.45, 2.75) is 12.8 Å². The van der Waals surface area contributed by atoms with Crippen molar-refractivity contribution in [3.63, 3.8) is 0 Å². The first kappa shape index (κ1) is 8.41. The van der Waals surface area contributed by atoms with Crippen LogP contribution in [-0.4, -0.2) is 9.97 Å². The molecule has 0 saturated carbocycles. The van der Waals surface area contributed by atoms with E-state index in [0.717, 1.165) is 11.3 Å². The van der Waals surface area contributed by atoms with Crippen molar-refractivity contribution in [1.29, 1.82) is 0 Å². The van der Waals surface area contributed by atoms with Gasteiger partial charge in [-0.15, -0.1) is 0 Å². The van der Waals surface area contributed by atoms with E-state index in [2.05, 4.69) is 23.0 Å². The quantitative estimate of drug-likeness (QED) is 0.652. The van der Waals surface area contributed by atoms with Gasteiger partial charge in [0.15, 0.2) is 5.75 Å². The second-order valence-corrected chi connectivity index (χ2v) is 3.64. The maximum atomic E-state index is 5.67. The Morgan fingerprint density at radius 1 is 1.20 bits per heavy atom. The Hall–Kier alpha value is -1.90. The van der Waals surface area contributed by atoms with Gasteiger partial charge >= 0.3 is 0 Å². The Bertz CT molecular complexity index is 465.